The molecule has 1 aromatic carbocycles. The first-order valence-electron chi connectivity index (χ1n) is 9.36. The highest BCUT2D eigenvalue weighted by atomic mass is 127. The van der Waals surface area contributed by atoms with E-state index in [1.807, 2.05) is 36.4 Å². The SMILES string of the molecule is CN=C(NCc1cc(-c2ccccc2)on1)N1CCC(CC(=O)NC)CC1.I. The van der Waals surface area contributed by atoms with E-state index in [0.29, 0.717) is 18.9 Å². The topological polar surface area (TPSA) is 82.8 Å². The fraction of sp³-hybridized carbons (Fsp3) is 0.450. The Hall–Kier alpha value is -2.10. The summed E-state index contributed by atoms with van der Waals surface area (Å²) < 4.78 is 5.44. The molecule has 0 atom stereocenters. The molecule has 0 bridgehead atoms. The van der Waals surface area contributed by atoms with Crippen molar-refractivity contribution < 1.29 is 9.32 Å². The average molecular weight is 497 g/mol. The van der Waals surface area contributed by atoms with Gasteiger partial charge < -0.3 is 20.1 Å². The largest absolute Gasteiger partial charge is 0.359 e. The van der Waals surface area contributed by atoms with Crippen LogP contribution < -0.4 is 10.6 Å². The van der Waals surface area contributed by atoms with E-state index in [2.05, 4.69) is 25.7 Å². The van der Waals surface area contributed by atoms with E-state index < -0.39 is 0 Å². The third-order valence-electron chi connectivity index (χ3n) is 4.92. The van der Waals surface area contributed by atoms with Crippen LogP contribution in [0, 0.1) is 5.92 Å². The van der Waals surface area contributed by atoms with Crippen molar-refractivity contribution in [3.8, 4) is 11.3 Å². The van der Waals surface area contributed by atoms with Crippen molar-refractivity contribution in [2.45, 2.75) is 25.8 Å². The third-order valence-corrected chi connectivity index (χ3v) is 4.92. The number of nitrogens with one attached hydrogen (secondary N) is 2. The second kappa shape index (κ2) is 11.0. The molecule has 2 aromatic rings. The zero-order valence-corrected chi connectivity index (χ0v) is 18.7. The van der Waals surface area contributed by atoms with Gasteiger partial charge in [-0.05, 0) is 18.8 Å². The van der Waals surface area contributed by atoms with Gasteiger partial charge in [0.1, 0.15) is 5.69 Å². The Bertz CT molecular complexity index is 770. The Balaban J connectivity index is 0.00000280. The lowest BCUT2D eigenvalue weighted by molar-refractivity contribution is -0.121. The molecular weight excluding hydrogens is 469 g/mol. The molecule has 0 aliphatic carbocycles. The van der Waals surface area contributed by atoms with Crippen LogP contribution >= 0.6 is 24.0 Å². The number of likely N-dealkylation sites (tertiary alicyclic amines) is 1. The fourth-order valence-corrected chi connectivity index (χ4v) is 3.35. The zero-order chi connectivity index (χ0) is 19.1. The normalized spacial score (nSPS) is 15.1. The molecule has 8 heteroatoms. The van der Waals surface area contributed by atoms with Crippen LogP contribution in [0.1, 0.15) is 25.0 Å². The van der Waals surface area contributed by atoms with Crippen molar-refractivity contribution >= 4 is 35.8 Å². The van der Waals surface area contributed by atoms with Crippen LogP contribution in [-0.2, 0) is 11.3 Å². The van der Waals surface area contributed by atoms with E-state index in [1.165, 1.54) is 0 Å². The smallest absolute Gasteiger partial charge is 0.220 e. The van der Waals surface area contributed by atoms with Gasteiger partial charge >= 0.3 is 0 Å². The summed E-state index contributed by atoms with van der Waals surface area (Å²) in [6.45, 7) is 2.35. The lowest BCUT2D eigenvalue weighted by atomic mass is 9.93. The van der Waals surface area contributed by atoms with Gasteiger partial charge in [0.25, 0.3) is 0 Å². The number of hydrogen-bond acceptors (Lipinski definition) is 4. The summed E-state index contributed by atoms with van der Waals surface area (Å²) in [5.74, 6) is 2.19. The minimum absolute atomic E-state index is 0. The number of aliphatic imine (C=N–C) groups is 1. The summed E-state index contributed by atoms with van der Waals surface area (Å²) in [5.41, 5.74) is 1.85. The molecular formula is C20H28IN5O2. The van der Waals surface area contributed by atoms with Gasteiger partial charge in [0.05, 0.1) is 6.54 Å². The van der Waals surface area contributed by atoms with Crippen molar-refractivity contribution in [1.29, 1.82) is 0 Å². The highest BCUT2D eigenvalue weighted by Gasteiger charge is 2.23. The molecule has 0 spiro atoms. The van der Waals surface area contributed by atoms with E-state index >= 15 is 0 Å². The summed E-state index contributed by atoms with van der Waals surface area (Å²) in [5, 5.41) is 10.2. The molecule has 1 amide bonds. The number of piperidine rings is 1. The summed E-state index contributed by atoms with van der Waals surface area (Å²) in [4.78, 5) is 18.2. The molecule has 0 unspecified atom stereocenters. The molecule has 0 saturated carbocycles. The fourth-order valence-electron chi connectivity index (χ4n) is 3.35. The molecule has 1 aromatic heterocycles. The lowest BCUT2D eigenvalue weighted by Crippen LogP contribution is -2.45. The molecule has 1 aliphatic heterocycles. The van der Waals surface area contributed by atoms with E-state index in [4.69, 9.17) is 4.52 Å². The Morgan fingerprint density at radius 2 is 2.00 bits per heavy atom. The first-order valence-corrected chi connectivity index (χ1v) is 9.36. The maximum Gasteiger partial charge on any atom is 0.220 e. The minimum Gasteiger partial charge on any atom is -0.359 e. The second-order valence-electron chi connectivity index (χ2n) is 6.76. The summed E-state index contributed by atoms with van der Waals surface area (Å²) in [6, 6.07) is 11.9. The van der Waals surface area contributed by atoms with Gasteiger partial charge in [0.15, 0.2) is 11.7 Å². The third kappa shape index (κ3) is 5.95. The van der Waals surface area contributed by atoms with Crippen LogP contribution in [0.15, 0.2) is 45.9 Å². The zero-order valence-electron chi connectivity index (χ0n) is 16.4. The monoisotopic (exact) mass is 497 g/mol. The summed E-state index contributed by atoms with van der Waals surface area (Å²) >= 11 is 0. The molecule has 28 heavy (non-hydrogen) atoms. The van der Waals surface area contributed by atoms with Gasteiger partial charge in [0.2, 0.25) is 5.91 Å². The molecule has 1 saturated heterocycles. The van der Waals surface area contributed by atoms with E-state index in [1.54, 1.807) is 14.1 Å². The highest BCUT2D eigenvalue weighted by Crippen LogP contribution is 2.21. The summed E-state index contributed by atoms with van der Waals surface area (Å²) in [7, 11) is 3.48. The van der Waals surface area contributed by atoms with Crippen LogP contribution in [0.3, 0.4) is 0 Å². The van der Waals surface area contributed by atoms with Gasteiger partial charge in [-0.15, -0.1) is 24.0 Å². The van der Waals surface area contributed by atoms with Gasteiger partial charge in [-0.2, -0.15) is 0 Å². The molecule has 3 rings (SSSR count). The van der Waals surface area contributed by atoms with Crippen molar-refractivity contribution in [1.82, 2.24) is 20.7 Å². The van der Waals surface area contributed by atoms with Crippen molar-refractivity contribution in [2.75, 3.05) is 27.2 Å². The number of carbonyl (C=O) groups is 1. The van der Waals surface area contributed by atoms with E-state index in [0.717, 1.165) is 48.9 Å². The molecule has 1 aliphatic rings. The number of halogens is 1. The average Bonchev–Trinajstić information content (AvgIpc) is 3.19. The van der Waals surface area contributed by atoms with Crippen LogP contribution in [0.5, 0.6) is 0 Å². The molecule has 0 radical (unpaired) electrons. The molecule has 2 N–H and O–H groups in total. The van der Waals surface area contributed by atoms with Crippen LogP contribution in [0.4, 0.5) is 0 Å². The maximum absolute atomic E-state index is 11.5. The van der Waals surface area contributed by atoms with Gasteiger partial charge in [-0.3, -0.25) is 9.79 Å². The van der Waals surface area contributed by atoms with Gasteiger partial charge in [0, 0.05) is 45.2 Å². The minimum atomic E-state index is 0. The Kier molecular flexibility index (Phi) is 8.75. The number of nitrogens with zero attached hydrogens (tertiary/aromatic N) is 3. The van der Waals surface area contributed by atoms with Crippen molar-refractivity contribution in [3.05, 3.63) is 42.1 Å². The van der Waals surface area contributed by atoms with Crippen LogP contribution in [0.2, 0.25) is 0 Å². The van der Waals surface area contributed by atoms with E-state index in [9.17, 15) is 4.79 Å². The number of carbonyl (C=O) groups excluding carboxylic acids is 1. The number of aromatic nitrogens is 1. The predicted molar refractivity (Wildman–Crippen MR) is 121 cm³/mol. The van der Waals surface area contributed by atoms with Crippen LogP contribution in [0.25, 0.3) is 11.3 Å². The number of rotatable bonds is 5. The number of hydrogen-bond donors (Lipinski definition) is 2. The predicted octanol–water partition coefficient (Wildman–Crippen LogP) is 2.88. The van der Waals surface area contributed by atoms with Crippen molar-refractivity contribution in [2.24, 2.45) is 10.9 Å². The van der Waals surface area contributed by atoms with Gasteiger partial charge in [-0.25, -0.2) is 0 Å². The first kappa shape index (κ1) is 22.2. The Morgan fingerprint density at radius 3 is 2.64 bits per heavy atom. The number of amides is 1. The summed E-state index contributed by atoms with van der Waals surface area (Å²) in [6.07, 6.45) is 2.60. The standard InChI is InChI=1S/C20H27N5O2.HI/c1-21-19(26)12-15-8-10-25(11-9-15)20(22-2)23-14-17-13-18(27-24-17)16-6-4-3-5-7-16;/h3-7,13,15H,8-12,14H2,1-2H3,(H,21,26)(H,22,23);1H. The number of benzene rings is 1. The van der Waals surface area contributed by atoms with Gasteiger partial charge in [-0.1, -0.05) is 35.5 Å². The first-order chi connectivity index (χ1) is 13.2. The molecule has 1 fully saturated rings. The lowest BCUT2D eigenvalue weighted by Gasteiger charge is -2.33. The van der Waals surface area contributed by atoms with E-state index in [-0.39, 0.29) is 29.9 Å². The van der Waals surface area contributed by atoms with Crippen molar-refractivity contribution in [3.63, 3.8) is 0 Å². The molecule has 2 heterocycles. The highest BCUT2D eigenvalue weighted by molar-refractivity contribution is 14.0. The quantitative estimate of drug-likeness (QED) is 0.377. The maximum atomic E-state index is 11.5. The second-order valence-corrected chi connectivity index (χ2v) is 6.76. The Labute approximate surface area is 183 Å². The molecule has 152 valence electrons. The number of guanidine groups is 1. The van der Waals surface area contributed by atoms with Crippen LogP contribution in [-0.4, -0.2) is 49.1 Å². The Morgan fingerprint density at radius 1 is 1.29 bits per heavy atom. The molecule has 7 nitrogen and oxygen atoms in total.